The Balaban J connectivity index is 2.71. The molecule has 0 amide bonds. The van der Waals surface area contributed by atoms with Gasteiger partial charge >= 0.3 is 0 Å². The van der Waals surface area contributed by atoms with Gasteiger partial charge in [-0.2, -0.15) is 0 Å². The Hall–Kier alpha value is -1.67. The number of hydrogen-bond acceptors (Lipinski definition) is 3. The zero-order chi connectivity index (χ0) is 17.5. The highest BCUT2D eigenvalue weighted by Crippen LogP contribution is 2.07. The van der Waals surface area contributed by atoms with Crippen LogP contribution in [0.2, 0.25) is 0 Å². The fourth-order valence-corrected chi connectivity index (χ4v) is 3.05. The van der Waals surface area contributed by atoms with Crippen LogP contribution in [0.15, 0.2) is 29.3 Å². The molecule has 0 aliphatic rings. The number of rotatable bonds is 7. The van der Waals surface area contributed by atoms with Crippen LogP contribution in [0.4, 0.5) is 4.39 Å². The van der Waals surface area contributed by atoms with Crippen molar-refractivity contribution in [2.24, 2.45) is 4.99 Å². The Bertz CT molecular complexity index is 645. The summed E-state index contributed by atoms with van der Waals surface area (Å²) in [6.45, 7) is 6.62. The summed E-state index contributed by atoms with van der Waals surface area (Å²) < 4.78 is 38.8. The number of nitrogens with one attached hydrogen (secondary N) is 3. The molecular weight excluding hydrogens is 319 g/mol. The summed E-state index contributed by atoms with van der Waals surface area (Å²) in [4.78, 5) is 4.32. The average molecular weight is 344 g/mol. The Morgan fingerprint density at radius 3 is 2.48 bits per heavy atom. The first kappa shape index (κ1) is 19.4. The molecule has 0 saturated heterocycles. The molecular formula is C15H25FN4O2S. The molecule has 1 aromatic carbocycles. The van der Waals surface area contributed by atoms with E-state index in [2.05, 4.69) is 20.3 Å². The lowest BCUT2D eigenvalue weighted by atomic mass is 10.1. The summed E-state index contributed by atoms with van der Waals surface area (Å²) in [5.41, 5.74) is -0.180. The second kappa shape index (κ2) is 8.26. The normalized spacial score (nSPS) is 13.0. The Labute approximate surface area is 137 Å². The second-order valence-corrected chi connectivity index (χ2v) is 7.65. The smallest absolute Gasteiger partial charge is 0.209 e. The SMILES string of the molecule is CCNC(=NCc1ccccc1F)NCC(C)(C)NS(C)(=O)=O. The van der Waals surface area contributed by atoms with Crippen LogP contribution in [0.3, 0.4) is 0 Å². The maximum absolute atomic E-state index is 13.6. The predicted molar refractivity (Wildman–Crippen MR) is 91.3 cm³/mol. The molecule has 0 aromatic heterocycles. The lowest BCUT2D eigenvalue weighted by molar-refractivity contribution is 0.446. The van der Waals surface area contributed by atoms with E-state index in [0.717, 1.165) is 6.26 Å². The summed E-state index contributed by atoms with van der Waals surface area (Å²) in [6.07, 6.45) is 1.12. The summed E-state index contributed by atoms with van der Waals surface area (Å²) in [5, 5.41) is 6.11. The third kappa shape index (κ3) is 7.94. The monoisotopic (exact) mass is 344 g/mol. The highest BCUT2D eigenvalue weighted by molar-refractivity contribution is 7.88. The van der Waals surface area contributed by atoms with E-state index in [9.17, 15) is 12.8 Å². The van der Waals surface area contributed by atoms with Gasteiger partial charge in [0.15, 0.2) is 5.96 Å². The van der Waals surface area contributed by atoms with E-state index < -0.39 is 15.6 Å². The summed E-state index contributed by atoms with van der Waals surface area (Å²) in [7, 11) is -3.30. The molecule has 0 unspecified atom stereocenters. The molecule has 1 aromatic rings. The van der Waals surface area contributed by atoms with Gasteiger partial charge < -0.3 is 10.6 Å². The van der Waals surface area contributed by atoms with Crippen molar-refractivity contribution in [1.82, 2.24) is 15.4 Å². The lowest BCUT2D eigenvalue weighted by Gasteiger charge is -2.26. The standard InChI is InChI=1S/C15H25FN4O2S/c1-5-17-14(18-10-12-8-6-7-9-13(12)16)19-11-15(2,3)20-23(4,21)22/h6-9,20H,5,10-11H2,1-4H3,(H2,17,18,19). The molecule has 0 saturated carbocycles. The number of nitrogens with zero attached hydrogens (tertiary/aromatic N) is 1. The molecule has 0 spiro atoms. The minimum absolute atomic E-state index is 0.196. The van der Waals surface area contributed by atoms with Crippen LogP contribution in [0.5, 0.6) is 0 Å². The van der Waals surface area contributed by atoms with Crippen molar-refractivity contribution in [2.45, 2.75) is 32.9 Å². The number of aliphatic imine (C=N–C) groups is 1. The molecule has 0 radical (unpaired) electrons. The zero-order valence-electron chi connectivity index (χ0n) is 14.0. The Kier molecular flexibility index (Phi) is 6.96. The van der Waals surface area contributed by atoms with Crippen molar-refractivity contribution in [1.29, 1.82) is 0 Å². The number of hydrogen-bond donors (Lipinski definition) is 3. The number of halogens is 1. The summed E-state index contributed by atoms with van der Waals surface area (Å²) in [5.74, 6) is 0.199. The van der Waals surface area contributed by atoms with Gasteiger partial charge in [-0.25, -0.2) is 22.5 Å². The molecule has 0 aliphatic carbocycles. The van der Waals surface area contributed by atoms with Crippen molar-refractivity contribution < 1.29 is 12.8 Å². The van der Waals surface area contributed by atoms with Crippen LogP contribution < -0.4 is 15.4 Å². The van der Waals surface area contributed by atoms with Gasteiger partial charge in [0, 0.05) is 24.2 Å². The minimum atomic E-state index is -3.30. The van der Waals surface area contributed by atoms with Crippen LogP contribution in [0, 0.1) is 5.82 Å². The Morgan fingerprint density at radius 1 is 1.26 bits per heavy atom. The highest BCUT2D eigenvalue weighted by atomic mass is 32.2. The van der Waals surface area contributed by atoms with Crippen LogP contribution in [0.1, 0.15) is 26.3 Å². The maximum Gasteiger partial charge on any atom is 0.209 e. The highest BCUT2D eigenvalue weighted by Gasteiger charge is 2.22. The molecule has 6 nitrogen and oxygen atoms in total. The van der Waals surface area contributed by atoms with Gasteiger partial charge in [0.2, 0.25) is 10.0 Å². The van der Waals surface area contributed by atoms with E-state index in [0.29, 0.717) is 24.6 Å². The van der Waals surface area contributed by atoms with Crippen molar-refractivity contribution in [3.05, 3.63) is 35.6 Å². The van der Waals surface area contributed by atoms with Gasteiger partial charge in [-0.1, -0.05) is 18.2 Å². The fraction of sp³-hybridized carbons (Fsp3) is 0.533. The minimum Gasteiger partial charge on any atom is -0.357 e. The molecule has 0 heterocycles. The van der Waals surface area contributed by atoms with Crippen LogP contribution in [-0.2, 0) is 16.6 Å². The predicted octanol–water partition coefficient (Wildman–Crippen LogP) is 1.21. The van der Waals surface area contributed by atoms with Gasteiger partial charge in [0.25, 0.3) is 0 Å². The van der Waals surface area contributed by atoms with Gasteiger partial charge in [-0.3, -0.25) is 0 Å². The maximum atomic E-state index is 13.6. The largest absolute Gasteiger partial charge is 0.357 e. The van der Waals surface area contributed by atoms with E-state index >= 15 is 0 Å². The average Bonchev–Trinajstić information content (AvgIpc) is 2.41. The second-order valence-electron chi connectivity index (χ2n) is 5.90. The third-order valence-corrected chi connectivity index (χ3v) is 3.79. The molecule has 8 heteroatoms. The first-order valence-electron chi connectivity index (χ1n) is 7.37. The number of benzene rings is 1. The fourth-order valence-electron chi connectivity index (χ4n) is 1.98. The van der Waals surface area contributed by atoms with Crippen molar-refractivity contribution >= 4 is 16.0 Å². The van der Waals surface area contributed by atoms with Gasteiger partial charge in [0.05, 0.1) is 12.8 Å². The molecule has 130 valence electrons. The quantitative estimate of drug-likeness (QED) is 0.513. The molecule has 0 aliphatic heterocycles. The van der Waals surface area contributed by atoms with E-state index in [4.69, 9.17) is 0 Å². The topological polar surface area (TPSA) is 82.6 Å². The molecule has 0 bridgehead atoms. The third-order valence-electron chi connectivity index (χ3n) is 2.87. The van der Waals surface area contributed by atoms with Crippen LogP contribution in [-0.4, -0.2) is 39.3 Å². The van der Waals surface area contributed by atoms with E-state index in [1.165, 1.54) is 6.07 Å². The van der Waals surface area contributed by atoms with E-state index in [-0.39, 0.29) is 12.4 Å². The van der Waals surface area contributed by atoms with Crippen LogP contribution in [0.25, 0.3) is 0 Å². The first-order valence-corrected chi connectivity index (χ1v) is 9.26. The van der Waals surface area contributed by atoms with E-state index in [1.807, 2.05) is 6.92 Å². The molecule has 3 N–H and O–H groups in total. The zero-order valence-corrected chi connectivity index (χ0v) is 14.8. The molecule has 0 atom stereocenters. The van der Waals surface area contributed by atoms with Crippen molar-refractivity contribution in [2.75, 3.05) is 19.3 Å². The molecule has 1 rings (SSSR count). The van der Waals surface area contributed by atoms with Gasteiger partial charge in [-0.05, 0) is 26.8 Å². The molecule has 0 fully saturated rings. The van der Waals surface area contributed by atoms with Crippen LogP contribution >= 0.6 is 0 Å². The van der Waals surface area contributed by atoms with Gasteiger partial charge in [0.1, 0.15) is 5.82 Å². The lowest BCUT2D eigenvalue weighted by Crippen LogP contribution is -2.53. The summed E-state index contributed by atoms with van der Waals surface area (Å²) in [6, 6.07) is 6.46. The van der Waals surface area contributed by atoms with Gasteiger partial charge in [-0.15, -0.1) is 0 Å². The van der Waals surface area contributed by atoms with Crippen molar-refractivity contribution in [3.8, 4) is 0 Å². The number of sulfonamides is 1. The molecule has 23 heavy (non-hydrogen) atoms. The van der Waals surface area contributed by atoms with E-state index in [1.54, 1.807) is 32.0 Å². The first-order chi connectivity index (χ1) is 10.6. The van der Waals surface area contributed by atoms with Crippen molar-refractivity contribution in [3.63, 3.8) is 0 Å². The Morgan fingerprint density at radius 2 is 1.91 bits per heavy atom. The summed E-state index contributed by atoms with van der Waals surface area (Å²) >= 11 is 0. The number of guanidine groups is 1.